The summed E-state index contributed by atoms with van der Waals surface area (Å²) in [6.45, 7) is 5.56. The zero-order valence-corrected chi connectivity index (χ0v) is 14.1. The summed E-state index contributed by atoms with van der Waals surface area (Å²) in [5.74, 6) is 0.898. The van der Waals surface area contributed by atoms with Crippen LogP contribution in [0.5, 0.6) is 0 Å². The molecule has 112 valence electrons. The van der Waals surface area contributed by atoms with Crippen molar-refractivity contribution in [3.63, 3.8) is 0 Å². The van der Waals surface area contributed by atoms with Crippen molar-refractivity contribution < 1.29 is 0 Å². The van der Waals surface area contributed by atoms with E-state index in [1.807, 2.05) is 23.9 Å². The lowest BCUT2D eigenvalue weighted by molar-refractivity contribution is 0.289. The predicted molar refractivity (Wildman–Crippen MR) is 90.8 cm³/mol. The Balaban J connectivity index is 2.05. The van der Waals surface area contributed by atoms with Crippen LogP contribution in [0.15, 0.2) is 29.2 Å². The molecule has 0 aromatic heterocycles. The van der Waals surface area contributed by atoms with Crippen molar-refractivity contribution in [3.05, 3.63) is 29.3 Å². The topological polar surface area (TPSA) is 12.0 Å². The van der Waals surface area contributed by atoms with E-state index in [-0.39, 0.29) is 0 Å². The molecule has 0 spiro atoms. The highest BCUT2D eigenvalue weighted by Gasteiger charge is 2.30. The van der Waals surface area contributed by atoms with Gasteiger partial charge < -0.3 is 5.32 Å². The van der Waals surface area contributed by atoms with Crippen LogP contribution in [0.3, 0.4) is 0 Å². The SMILES string of the molecule is CCCC1CCC(NCC)C(Sc2ccccc2Cl)C1. The number of hydrogen-bond donors (Lipinski definition) is 1. The Hall–Kier alpha value is -0.180. The number of nitrogens with one attached hydrogen (secondary N) is 1. The Morgan fingerprint density at radius 3 is 2.75 bits per heavy atom. The van der Waals surface area contributed by atoms with Gasteiger partial charge in [-0.15, -0.1) is 11.8 Å². The van der Waals surface area contributed by atoms with Crippen LogP contribution in [0.1, 0.15) is 46.0 Å². The lowest BCUT2D eigenvalue weighted by atomic mass is 9.83. The minimum absolute atomic E-state index is 0.634. The van der Waals surface area contributed by atoms with Crippen molar-refractivity contribution in [1.29, 1.82) is 0 Å². The van der Waals surface area contributed by atoms with E-state index >= 15 is 0 Å². The second-order valence-corrected chi connectivity index (χ2v) is 7.41. The molecule has 3 atom stereocenters. The smallest absolute Gasteiger partial charge is 0.0541 e. The van der Waals surface area contributed by atoms with Gasteiger partial charge >= 0.3 is 0 Å². The molecule has 3 unspecified atom stereocenters. The van der Waals surface area contributed by atoms with E-state index in [9.17, 15) is 0 Å². The molecule has 1 N–H and O–H groups in total. The zero-order chi connectivity index (χ0) is 14.4. The fourth-order valence-electron chi connectivity index (χ4n) is 3.21. The number of hydrogen-bond acceptors (Lipinski definition) is 2. The molecule has 1 fully saturated rings. The molecule has 1 aliphatic carbocycles. The monoisotopic (exact) mass is 311 g/mol. The molecule has 0 amide bonds. The average molecular weight is 312 g/mol. The summed E-state index contributed by atoms with van der Waals surface area (Å²) in [5, 5.41) is 5.22. The molecule has 0 saturated heterocycles. The van der Waals surface area contributed by atoms with Gasteiger partial charge in [-0.25, -0.2) is 0 Å². The fraction of sp³-hybridized carbons (Fsp3) is 0.647. The molecular weight excluding hydrogens is 286 g/mol. The van der Waals surface area contributed by atoms with Gasteiger partial charge in [-0.2, -0.15) is 0 Å². The Kier molecular flexibility index (Phi) is 6.73. The average Bonchev–Trinajstić information content (AvgIpc) is 2.45. The third-order valence-electron chi connectivity index (χ3n) is 4.18. The van der Waals surface area contributed by atoms with Crippen LogP contribution in [0, 0.1) is 5.92 Å². The summed E-state index contributed by atoms with van der Waals surface area (Å²) >= 11 is 8.30. The van der Waals surface area contributed by atoms with Crippen molar-refractivity contribution >= 4 is 23.4 Å². The third kappa shape index (κ3) is 4.41. The first-order valence-electron chi connectivity index (χ1n) is 7.89. The standard InChI is InChI=1S/C17H26ClNS/c1-3-7-13-10-11-15(19-4-2)17(12-13)20-16-9-6-5-8-14(16)18/h5-6,8-9,13,15,17,19H,3-4,7,10-12H2,1-2H3. The summed E-state index contributed by atoms with van der Waals surface area (Å²) in [6, 6.07) is 8.88. The van der Waals surface area contributed by atoms with Crippen molar-refractivity contribution in [2.45, 2.75) is 62.1 Å². The first kappa shape index (κ1) is 16.2. The van der Waals surface area contributed by atoms with Gasteiger partial charge in [0.1, 0.15) is 0 Å². The van der Waals surface area contributed by atoms with Crippen molar-refractivity contribution in [1.82, 2.24) is 5.32 Å². The number of rotatable bonds is 6. The molecule has 1 aliphatic rings. The maximum Gasteiger partial charge on any atom is 0.0541 e. The number of halogens is 1. The molecule has 3 heteroatoms. The molecule has 1 aromatic carbocycles. The van der Waals surface area contributed by atoms with Gasteiger partial charge in [0, 0.05) is 16.2 Å². The first-order chi connectivity index (χ1) is 9.74. The Morgan fingerprint density at radius 1 is 1.25 bits per heavy atom. The Morgan fingerprint density at radius 2 is 2.05 bits per heavy atom. The van der Waals surface area contributed by atoms with Gasteiger partial charge in [-0.3, -0.25) is 0 Å². The molecule has 0 heterocycles. The van der Waals surface area contributed by atoms with Crippen LogP contribution in [0.2, 0.25) is 5.02 Å². The van der Waals surface area contributed by atoms with E-state index < -0.39 is 0 Å². The summed E-state index contributed by atoms with van der Waals surface area (Å²) in [4.78, 5) is 1.24. The Labute approximate surface area is 132 Å². The normalized spacial score (nSPS) is 26.6. The van der Waals surface area contributed by atoms with Gasteiger partial charge in [0.25, 0.3) is 0 Å². The van der Waals surface area contributed by atoms with E-state index in [4.69, 9.17) is 11.6 Å². The minimum atomic E-state index is 0.634. The quantitative estimate of drug-likeness (QED) is 0.757. The van der Waals surface area contributed by atoms with Gasteiger partial charge in [0.05, 0.1) is 5.02 Å². The van der Waals surface area contributed by atoms with E-state index in [1.165, 1.54) is 37.0 Å². The fourth-order valence-corrected chi connectivity index (χ4v) is 4.91. The van der Waals surface area contributed by atoms with E-state index in [1.54, 1.807) is 0 Å². The molecule has 2 rings (SSSR count). The van der Waals surface area contributed by atoms with Crippen molar-refractivity contribution in [3.8, 4) is 0 Å². The Bertz CT molecular complexity index is 410. The van der Waals surface area contributed by atoms with Gasteiger partial charge in [-0.05, 0) is 43.9 Å². The molecule has 1 aromatic rings. The van der Waals surface area contributed by atoms with E-state index in [2.05, 4.69) is 31.3 Å². The van der Waals surface area contributed by atoms with Gasteiger partial charge in [0.2, 0.25) is 0 Å². The lowest BCUT2D eigenvalue weighted by Gasteiger charge is -2.36. The van der Waals surface area contributed by atoms with Crippen molar-refractivity contribution in [2.24, 2.45) is 5.92 Å². The second kappa shape index (κ2) is 8.31. The molecule has 1 saturated carbocycles. The summed E-state index contributed by atoms with van der Waals surface area (Å²) in [5.41, 5.74) is 0. The zero-order valence-electron chi connectivity index (χ0n) is 12.6. The van der Waals surface area contributed by atoms with Crippen LogP contribution in [-0.4, -0.2) is 17.8 Å². The predicted octanol–water partition coefficient (Wildman–Crippen LogP) is 5.38. The first-order valence-corrected chi connectivity index (χ1v) is 9.14. The van der Waals surface area contributed by atoms with Gasteiger partial charge in [-0.1, -0.05) is 50.4 Å². The van der Waals surface area contributed by atoms with Crippen LogP contribution in [0.4, 0.5) is 0 Å². The molecular formula is C17H26ClNS. The third-order valence-corrected chi connectivity index (χ3v) is 6.05. The lowest BCUT2D eigenvalue weighted by Crippen LogP contribution is -2.42. The molecule has 1 nitrogen and oxygen atoms in total. The van der Waals surface area contributed by atoms with Crippen LogP contribution in [0.25, 0.3) is 0 Å². The van der Waals surface area contributed by atoms with Crippen LogP contribution >= 0.6 is 23.4 Å². The maximum atomic E-state index is 6.32. The highest BCUT2D eigenvalue weighted by atomic mass is 35.5. The van der Waals surface area contributed by atoms with E-state index in [0.717, 1.165) is 17.5 Å². The highest BCUT2D eigenvalue weighted by molar-refractivity contribution is 8.00. The summed E-state index contributed by atoms with van der Waals surface area (Å²) in [7, 11) is 0. The minimum Gasteiger partial charge on any atom is -0.313 e. The molecule has 20 heavy (non-hydrogen) atoms. The number of thioether (sulfide) groups is 1. The van der Waals surface area contributed by atoms with Crippen LogP contribution in [-0.2, 0) is 0 Å². The maximum absolute atomic E-state index is 6.32. The van der Waals surface area contributed by atoms with E-state index in [0.29, 0.717) is 11.3 Å². The van der Waals surface area contributed by atoms with Crippen LogP contribution < -0.4 is 5.32 Å². The molecule has 0 radical (unpaired) electrons. The van der Waals surface area contributed by atoms with Gasteiger partial charge in [0.15, 0.2) is 0 Å². The summed E-state index contributed by atoms with van der Waals surface area (Å²) in [6.07, 6.45) is 6.69. The second-order valence-electron chi connectivity index (χ2n) is 5.72. The summed E-state index contributed by atoms with van der Waals surface area (Å²) < 4.78 is 0. The largest absolute Gasteiger partial charge is 0.313 e. The van der Waals surface area contributed by atoms with Crippen molar-refractivity contribution in [2.75, 3.05) is 6.54 Å². The molecule has 0 aliphatic heterocycles. The molecule has 0 bridgehead atoms. The highest BCUT2D eigenvalue weighted by Crippen LogP contribution is 2.40. The number of benzene rings is 1.